The van der Waals surface area contributed by atoms with E-state index in [9.17, 15) is 27.6 Å². The van der Waals surface area contributed by atoms with Gasteiger partial charge in [0.25, 0.3) is 5.91 Å². The van der Waals surface area contributed by atoms with E-state index in [1.165, 1.54) is 0 Å². The monoisotopic (exact) mass is 361 g/mol. The van der Waals surface area contributed by atoms with Crippen LogP contribution in [0.4, 0.5) is 13.2 Å². The number of likely N-dealkylation sites (tertiary alicyclic amines) is 1. The zero-order valence-corrected chi connectivity index (χ0v) is 15.1. The minimum Gasteiger partial charge on any atom is -0.440 e. The zero-order chi connectivity index (χ0) is 19.7. The molecule has 2 atom stereocenters. The molecule has 0 saturated carbocycles. The van der Waals surface area contributed by atoms with Crippen molar-refractivity contribution >= 4 is 17.8 Å². The van der Waals surface area contributed by atoms with Gasteiger partial charge in [0.1, 0.15) is 5.92 Å². The lowest BCUT2D eigenvalue weighted by molar-refractivity contribution is -0.210. The second kappa shape index (κ2) is 7.04. The molecule has 8 heteroatoms. The fraction of sp³-hybridized carbons (Fsp3) is 0.647. The van der Waals surface area contributed by atoms with Gasteiger partial charge in [0.2, 0.25) is 5.91 Å². The number of rotatable bonds is 3. The van der Waals surface area contributed by atoms with E-state index in [-0.39, 0.29) is 12.0 Å². The summed E-state index contributed by atoms with van der Waals surface area (Å²) in [7, 11) is 0. The van der Waals surface area contributed by atoms with Crippen LogP contribution in [0.1, 0.15) is 48.0 Å². The second-order valence-corrected chi connectivity index (χ2v) is 7.18. The van der Waals surface area contributed by atoms with E-state index < -0.39 is 41.5 Å². The lowest BCUT2D eigenvalue weighted by Gasteiger charge is -2.39. The average Bonchev–Trinajstić information content (AvgIpc) is 2.40. The van der Waals surface area contributed by atoms with Crippen molar-refractivity contribution in [2.45, 2.75) is 60.4 Å². The number of amides is 2. The second-order valence-electron chi connectivity index (χ2n) is 7.18. The molecule has 0 aromatic heterocycles. The molecule has 0 radical (unpaired) electrons. The molecule has 2 unspecified atom stereocenters. The molecular formula is C17H22F3NO4. The van der Waals surface area contributed by atoms with E-state index >= 15 is 0 Å². The van der Waals surface area contributed by atoms with Gasteiger partial charge in [-0.1, -0.05) is 20.8 Å². The van der Waals surface area contributed by atoms with Gasteiger partial charge in [-0.2, -0.15) is 13.2 Å². The SMILES string of the molecule is CC(C)=C=C(C(=O)N1C(=O)CC1OC(=O)C(C)C(F)(F)F)C(C)(C)C. The number of hydrogen-bond acceptors (Lipinski definition) is 4. The van der Waals surface area contributed by atoms with Crippen molar-refractivity contribution in [1.29, 1.82) is 0 Å². The van der Waals surface area contributed by atoms with Crippen LogP contribution in [0.2, 0.25) is 0 Å². The Hall–Kier alpha value is -2.08. The van der Waals surface area contributed by atoms with Gasteiger partial charge in [0.05, 0.1) is 12.0 Å². The Morgan fingerprint density at radius 2 is 1.76 bits per heavy atom. The summed E-state index contributed by atoms with van der Waals surface area (Å²) in [4.78, 5) is 36.7. The maximum atomic E-state index is 12.7. The van der Waals surface area contributed by atoms with E-state index in [4.69, 9.17) is 4.74 Å². The van der Waals surface area contributed by atoms with Crippen LogP contribution in [0, 0.1) is 11.3 Å². The molecule has 140 valence electrons. The van der Waals surface area contributed by atoms with Gasteiger partial charge in [-0.25, -0.2) is 4.90 Å². The van der Waals surface area contributed by atoms with Gasteiger partial charge in [-0.05, 0) is 31.8 Å². The Labute approximate surface area is 144 Å². The summed E-state index contributed by atoms with van der Waals surface area (Å²) < 4.78 is 42.4. The largest absolute Gasteiger partial charge is 0.440 e. The highest BCUT2D eigenvalue weighted by atomic mass is 19.4. The summed E-state index contributed by atoms with van der Waals surface area (Å²) in [6, 6.07) is 0. The summed E-state index contributed by atoms with van der Waals surface area (Å²) >= 11 is 0. The fourth-order valence-electron chi connectivity index (χ4n) is 2.03. The molecule has 0 aliphatic carbocycles. The third-order valence-corrected chi connectivity index (χ3v) is 3.56. The van der Waals surface area contributed by atoms with Crippen molar-refractivity contribution in [1.82, 2.24) is 4.90 Å². The fourth-order valence-corrected chi connectivity index (χ4v) is 2.03. The van der Waals surface area contributed by atoms with Crippen molar-refractivity contribution in [3.63, 3.8) is 0 Å². The number of esters is 1. The van der Waals surface area contributed by atoms with Gasteiger partial charge < -0.3 is 4.74 Å². The Bertz CT molecular complexity index is 648. The number of halogens is 3. The number of carbonyl (C=O) groups is 3. The minimum absolute atomic E-state index is 0.186. The summed E-state index contributed by atoms with van der Waals surface area (Å²) in [5.41, 5.74) is 3.11. The number of hydrogen-bond donors (Lipinski definition) is 0. The van der Waals surface area contributed by atoms with E-state index in [2.05, 4.69) is 5.73 Å². The molecule has 1 aliphatic rings. The molecule has 0 aromatic carbocycles. The third kappa shape index (κ3) is 4.95. The smallest absolute Gasteiger partial charge is 0.401 e. The van der Waals surface area contributed by atoms with Crippen LogP contribution >= 0.6 is 0 Å². The topological polar surface area (TPSA) is 63.7 Å². The summed E-state index contributed by atoms with van der Waals surface area (Å²) in [6.07, 6.45) is -6.40. The molecule has 1 aliphatic heterocycles. The molecule has 0 aromatic rings. The predicted molar refractivity (Wildman–Crippen MR) is 82.9 cm³/mol. The van der Waals surface area contributed by atoms with Crippen LogP contribution in [-0.2, 0) is 19.1 Å². The molecule has 1 rings (SSSR count). The minimum atomic E-state index is -4.75. The Morgan fingerprint density at radius 1 is 1.24 bits per heavy atom. The van der Waals surface area contributed by atoms with Crippen LogP contribution < -0.4 is 0 Å². The summed E-state index contributed by atoms with van der Waals surface area (Å²) in [5.74, 6) is -5.19. The molecule has 0 spiro atoms. The zero-order valence-electron chi connectivity index (χ0n) is 15.1. The molecule has 1 saturated heterocycles. The van der Waals surface area contributed by atoms with Crippen molar-refractivity contribution < 1.29 is 32.3 Å². The molecule has 1 fully saturated rings. The van der Waals surface area contributed by atoms with Crippen molar-refractivity contribution in [2.24, 2.45) is 11.3 Å². The van der Waals surface area contributed by atoms with E-state index in [0.29, 0.717) is 17.4 Å². The van der Waals surface area contributed by atoms with Crippen LogP contribution in [0.3, 0.4) is 0 Å². The number of alkyl halides is 3. The van der Waals surface area contributed by atoms with Crippen LogP contribution in [-0.4, -0.2) is 35.1 Å². The standard InChI is InChI=1S/C17H22F3NO4/c1-9(2)7-11(16(4,5)6)14(23)21-12(22)8-13(21)25-15(24)10(3)17(18,19)20/h10,13H,8H2,1-6H3. The first-order valence-corrected chi connectivity index (χ1v) is 7.74. The van der Waals surface area contributed by atoms with Crippen LogP contribution in [0.25, 0.3) is 0 Å². The normalized spacial score (nSPS) is 18.8. The number of β-lactam (4-membered cyclic amide) rings is 1. The Morgan fingerprint density at radius 3 is 2.12 bits per heavy atom. The first-order chi connectivity index (χ1) is 11.2. The number of nitrogens with zero attached hydrogens (tertiary/aromatic N) is 1. The average molecular weight is 361 g/mol. The maximum Gasteiger partial charge on any atom is 0.401 e. The molecule has 0 N–H and O–H groups in total. The molecule has 0 bridgehead atoms. The maximum absolute atomic E-state index is 12.7. The molecular weight excluding hydrogens is 339 g/mol. The van der Waals surface area contributed by atoms with Gasteiger partial charge in [0, 0.05) is 0 Å². The van der Waals surface area contributed by atoms with Crippen molar-refractivity contribution in [2.75, 3.05) is 0 Å². The van der Waals surface area contributed by atoms with E-state index in [0.717, 1.165) is 0 Å². The third-order valence-electron chi connectivity index (χ3n) is 3.56. The highest BCUT2D eigenvalue weighted by Gasteiger charge is 2.49. The van der Waals surface area contributed by atoms with Crippen molar-refractivity contribution in [3.05, 3.63) is 16.9 Å². The Kier molecular flexibility index (Phi) is 5.90. The van der Waals surface area contributed by atoms with Gasteiger partial charge in [0.15, 0.2) is 6.23 Å². The summed E-state index contributed by atoms with van der Waals surface area (Å²) in [5, 5.41) is 0. The molecule has 5 nitrogen and oxygen atoms in total. The number of ether oxygens (including phenoxy) is 1. The van der Waals surface area contributed by atoms with Gasteiger partial charge in [-0.3, -0.25) is 14.4 Å². The van der Waals surface area contributed by atoms with Gasteiger partial charge >= 0.3 is 12.1 Å². The van der Waals surface area contributed by atoms with E-state index in [1.807, 2.05) is 0 Å². The van der Waals surface area contributed by atoms with Crippen LogP contribution in [0.5, 0.6) is 0 Å². The first-order valence-electron chi connectivity index (χ1n) is 7.74. The number of carbonyl (C=O) groups excluding carboxylic acids is 3. The lowest BCUT2D eigenvalue weighted by Crippen LogP contribution is -2.59. The highest BCUT2D eigenvalue weighted by Crippen LogP contribution is 2.33. The van der Waals surface area contributed by atoms with Crippen LogP contribution in [0.15, 0.2) is 16.9 Å². The molecule has 25 heavy (non-hydrogen) atoms. The lowest BCUT2D eigenvalue weighted by atomic mass is 9.85. The number of imide groups is 1. The predicted octanol–water partition coefficient (Wildman–Crippen LogP) is 3.35. The summed E-state index contributed by atoms with van der Waals surface area (Å²) in [6.45, 7) is 9.34. The Balaban J connectivity index is 3.04. The van der Waals surface area contributed by atoms with E-state index in [1.54, 1.807) is 34.6 Å². The quantitative estimate of drug-likeness (QED) is 0.335. The molecule has 1 heterocycles. The van der Waals surface area contributed by atoms with Crippen molar-refractivity contribution in [3.8, 4) is 0 Å². The highest BCUT2D eigenvalue weighted by molar-refractivity contribution is 6.08. The molecule has 2 amide bonds. The first kappa shape index (κ1) is 21.0. The van der Waals surface area contributed by atoms with Gasteiger partial charge in [-0.15, -0.1) is 5.73 Å².